The molecule has 0 saturated carbocycles. The summed E-state index contributed by atoms with van der Waals surface area (Å²) in [4.78, 5) is 21.0. The SMILES string of the molecule is C=Cc1cc(SN2CCN(Cc3ccc(C(=N)N4CCC(Br)CC4)cc3)C(=O)C2)[nH]c1C=C(C)C. The van der Waals surface area contributed by atoms with E-state index in [1.165, 1.54) is 5.57 Å². The van der Waals surface area contributed by atoms with Crippen molar-refractivity contribution in [2.24, 2.45) is 0 Å². The molecule has 4 rings (SSSR count). The van der Waals surface area contributed by atoms with Gasteiger partial charge in [-0.15, -0.1) is 0 Å². The van der Waals surface area contributed by atoms with E-state index in [2.05, 4.69) is 74.8 Å². The first-order valence-corrected chi connectivity index (χ1v) is 13.8. The van der Waals surface area contributed by atoms with E-state index in [9.17, 15) is 4.79 Å². The molecule has 2 saturated heterocycles. The lowest BCUT2D eigenvalue weighted by Gasteiger charge is -2.33. The Balaban J connectivity index is 1.30. The molecular formula is C27H34BrN5OS. The Labute approximate surface area is 221 Å². The fraction of sp³-hybridized carbons (Fsp3) is 0.407. The number of hydrogen-bond acceptors (Lipinski definition) is 4. The minimum Gasteiger partial charge on any atom is -0.357 e. The number of alkyl halides is 1. The number of nitrogens with one attached hydrogen (secondary N) is 2. The molecule has 8 heteroatoms. The first-order chi connectivity index (χ1) is 16.8. The van der Waals surface area contributed by atoms with Gasteiger partial charge in [0.2, 0.25) is 5.91 Å². The number of aromatic nitrogens is 1. The zero-order valence-electron chi connectivity index (χ0n) is 20.5. The van der Waals surface area contributed by atoms with Gasteiger partial charge in [0.1, 0.15) is 5.84 Å². The van der Waals surface area contributed by atoms with Crippen LogP contribution in [0.15, 0.2) is 47.5 Å². The normalized spacial score (nSPS) is 17.5. The van der Waals surface area contributed by atoms with Gasteiger partial charge in [0.25, 0.3) is 0 Å². The van der Waals surface area contributed by atoms with Crippen molar-refractivity contribution in [2.75, 3.05) is 32.7 Å². The molecule has 1 aromatic heterocycles. The smallest absolute Gasteiger partial charge is 0.238 e. The van der Waals surface area contributed by atoms with Crippen LogP contribution in [0.3, 0.4) is 0 Å². The molecule has 186 valence electrons. The van der Waals surface area contributed by atoms with E-state index in [0.717, 1.165) is 59.9 Å². The number of carbonyl (C=O) groups is 1. The molecule has 2 aliphatic heterocycles. The van der Waals surface area contributed by atoms with E-state index >= 15 is 0 Å². The quantitative estimate of drug-likeness (QED) is 0.201. The van der Waals surface area contributed by atoms with Crippen molar-refractivity contribution in [1.82, 2.24) is 19.1 Å². The second-order valence-corrected chi connectivity index (χ2v) is 11.8. The molecule has 0 spiro atoms. The van der Waals surface area contributed by atoms with Crippen molar-refractivity contribution < 1.29 is 4.79 Å². The predicted molar refractivity (Wildman–Crippen MR) is 150 cm³/mol. The largest absolute Gasteiger partial charge is 0.357 e. The summed E-state index contributed by atoms with van der Waals surface area (Å²) in [6.07, 6.45) is 6.11. The number of allylic oxidation sites excluding steroid dienone is 1. The fourth-order valence-electron chi connectivity index (χ4n) is 4.40. The first kappa shape index (κ1) is 25.8. The Morgan fingerprint density at radius 1 is 1.20 bits per heavy atom. The van der Waals surface area contributed by atoms with Gasteiger partial charge in [0.05, 0.1) is 11.6 Å². The number of aromatic amines is 1. The topological polar surface area (TPSA) is 66.4 Å². The summed E-state index contributed by atoms with van der Waals surface area (Å²) in [5.74, 6) is 0.729. The van der Waals surface area contributed by atoms with Gasteiger partial charge in [-0.1, -0.05) is 58.4 Å². The van der Waals surface area contributed by atoms with Gasteiger partial charge in [-0.05, 0) is 61.9 Å². The van der Waals surface area contributed by atoms with E-state index in [1.807, 2.05) is 23.1 Å². The molecule has 0 aliphatic carbocycles. The highest BCUT2D eigenvalue weighted by atomic mass is 79.9. The number of benzene rings is 1. The van der Waals surface area contributed by atoms with Crippen LogP contribution in [0.2, 0.25) is 0 Å². The Hall–Kier alpha value is -2.29. The van der Waals surface area contributed by atoms with Gasteiger partial charge in [-0.3, -0.25) is 10.2 Å². The van der Waals surface area contributed by atoms with Crippen molar-refractivity contribution in [2.45, 2.75) is 43.1 Å². The Bertz CT molecular complexity index is 1100. The number of amides is 1. The van der Waals surface area contributed by atoms with Crippen LogP contribution < -0.4 is 0 Å². The van der Waals surface area contributed by atoms with Crippen molar-refractivity contribution in [1.29, 1.82) is 5.41 Å². The van der Waals surface area contributed by atoms with Crippen LogP contribution in [0, 0.1) is 5.41 Å². The van der Waals surface area contributed by atoms with Crippen molar-refractivity contribution in [3.8, 4) is 0 Å². The summed E-state index contributed by atoms with van der Waals surface area (Å²) in [5, 5.41) is 9.57. The van der Waals surface area contributed by atoms with Gasteiger partial charge in [0, 0.05) is 48.8 Å². The summed E-state index contributed by atoms with van der Waals surface area (Å²) in [6, 6.07) is 10.2. The minimum absolute atomic E-state index is 0.137. The third kappa shape index (κ3) is 6.68. The van der Waals surface area contributed by atoms with E-state index < -0.39 is 0 Å². The minimum atomic E-state index is 0.137. The number of amidine groups is 1. The lowest BCUT2D eigenvalue weighted by Crippen LogP contribution is -2.47. The molecule has 0 radical (unpaired) electrons. The van der Waals surface area contributed by atoms with Gasteiger partial charge in [-0.2, -0.15) is 0 Å². The highest BCUT2D eigenvalue weighted by Gasteiger charge is 2.25. The number of carbonyl (C=O) groups excluding carboxylic acids is 1. The van der Waals surface area contributed by atoms with Crippen molar-refractivity contribution in [3.05, 3.63) is 64.9 Å². The molecule has 0 bridgehead atoms. The van der Waals surface area contributed by atoms with Crippen LogP contribution >= 0.6 is 27.9 Å². The van der Waals surface area contributed by atoms with Gasteiger partial charge in [0.15, 0.2) is 0 Å². The molecule has 2 N–H and O–H groups in total. The van der Waals surface area contributed by atoms with E-state index in [1.54, 1.807) is 11.9 Å². The van der Waals surface area contributed by atoms with Crippen LogP contribution in [0.4, 0.5) is 0 Å². The van der Waals surface area contributed by atoms with Crippen molar-refractivity contribution in [3.63, 3.8) is 0 Å². The molecule has 2 aliphatic rings. The van der Waals surface area contributed by atoms with Gasteiger partial charge in [-0.25, -0.2) is 4.31 Å². The third-order valence-corrected chi connectivity index (χ3v) is 8.26. The maximum atomic E-state index is 12.9. The van der Waals surface area contributed by atoms with Crippen LogP contribution in [-0.4, -0.2) is 68.4 Å². The second-order valence-electron chi connectivity index (χ2n) is 9.41. The number of hydrogen-bond donors (Lipinski definition) is 2. The molecule has 0 unspecified atom stereocenters. The molecule has 35 heavy (non-hydrogen) atoms. The second kappa shape index (κ2) is 11.6. The van der Waals surface area contributed by atoms with Gasteiger partial charge < -0.3 is 14.8 Å². The molecule has 1 aromatic carbocycles. The predicted octanol–water partition coefficient (Wildman–Crippen LogP) is 5.62. The fourth-order valence-corrected chi connectivity index (χ4v) is 5.77. The summed E-state index contributed by atoms with van der Waals surface area (Å²) >= 11 is 5.27. The Morgan fingerprint density at radius 2 is 1.91 bits per heavy atom. The number of H-pyrrole nitrogens is 1. The average molecular weight is 557 g/mol. The monoisotopic (exact) mass is 555 g/mol. The number of nitrogens with zero attached hydrogens (tertiary/aromatic N) is 3. The lowest BCUT2D eigenvalue weighted by atomic mass is 10.1. The Kier molecular flexibility index (Phi) is 8.57. The molecule has 3 heterocycles. The van der Waals surface area contributed by atoms with Crippen LogP contribution in [0.25, 0.3) is 12.2 Å². The maximum Gasteiger partial charge on any atom is 0.238 e. The molecule has 2 aromatic rings. The first-order valence-electron chi connectivity index (χ1n) is 12.1. The number of piperidine rings is 1. The molecule has 0 atom stereocenters. The number of likely N-dealkylation sites (tertiary alicyclic amines) is 1. The number of piperazine rings is 1. The standard InChI is InChI=1S/C27H34BrN5OS/c1-4-21-16-25(30-24(21)15-19(2)3)35-33-14-13-32(26(34)18-33)17-20-5-7-22(8-6-20)27(29)31-11-9-23(28)10-12-31/h4-8,15-16,23,29-30H,1,9-14,17-18H2,2-3H3. The van der Waals surface area contributed by atoms with E-state index in [4.69, 9.17) is 5.41 Å². The van der Waals surface area contributed by atoms with E-state index in [0.29, 0.717) is 30.3 Å². The van der Waals surface area contributed by atoms with Gasteiger partial charge >= 0.3 is 0 Å². The molecule has 2 fully saturated rings. The molecule has 1 amide bonds. The third-order valence-electron chi connectivity index (χ3n) is 6.36. The summed E-state index contributed by atoms with van der Waals surface area (Å²) < 4.78 is 2.12. The van der Waals surface area contributed by atoms with Crippen LogP contribution in [0.5, 0.6) is 0 Å². The summed E-state index contributed by atoms with van der Waals surface area (Å²) in [7, 11) is 0. The Morgan fingerprint density at radius 3 is 2.54 bits per heavy atom. The number of halogens is 1. The van der Waals surface area contributed by atoms with Crippen LogP contribution in [0.1, 0.15) is 49.1 Å². The highest BCUT2D eigenvalue weighted by molar-refractivity contribution is 9.09. The molecular weight excluding hydrogens is 522 g/mol. The number of rotatable bonds is 7. The van der Waals surface area contributed by atoms with E-state index in [-0.39, 0.29) is 5.91 Å². The van der Waals surface area contributed by atoms with Crippen molar-refractivity contribution >= 4 is 51.8 Å². The lowest BCUT2D eigenvalue weighted by molar-refractivity contribution is -0.134. The summed E-state index contributed by atoms with van der Waals surface area (Å²) in [6.45, 7) is 12.4. The zero-order valence-corrected chi connectivity index (χ0v) is 22.9. The molecule has 6 nitrogen and oxygen atoms in total. The maximum absolute atomic E-state index is 12.9. The van der Waals surface area contributed by atoms with Crippen LogP contribution in [-0.2, 0) is 11.3 Å². The highest BCUT2D eigenvalue weighted by Crippen LogP contribution is 2.28. The summed E-state index contributed by atoms with van der Waals surface area (Å²) in [5.41, 5.74) is 5.38. The average Bonchev–Trinajstić information content (AvgIpc) is 3.21. The zero-order chi connectivity index (χ0) is 24.9.